The molecular formula is C36H38Ag2F6N4O10S4+2. The van der Waals surface area contributed by atoms with Crippen LogP contribution in [0, 0.1) is 0 Å². The summed E-state index contributed by atoms with van der Waals surface area (Å²) >= 11 is 10.9. The van der Waals surface area contributed by atoms with Gasteiger partial charge in [-0.2, -0.15) is 43.2 Å². The van der Waals surface area contributed by atoms with Gasteiger partial charge in [-0.05, 0) is 108 Å². The summed E-state index contributed by atoms with van der Waals surface area (Å²) in [5.74, 6) is 3.38. The molecule has 4 aromatic carbocycles. The third kappa shape index (κ3) is 15.8. The van der Waals surface area contributed by atoms with Crippen molar-refractivity contribution in [1.29, 1.82) is 0 Å². The minimum atomic E-state index is -5.84. The van der Waals surface area contributed by atoms with Crippen LogP contribution in [0.3, 0.4) is 0 Å². The smallest absolute Gasteiger partial charge is 0.497 e. The second-order valence-corrected chi connectivity index (χ2v) is 15.5. The molecular weight excluding hydrogens is 1110 g/mol. The monoisotopic (exact) mass is 1140 g/mol. The summed E-state index contributed by atoms with van der Waals surface area (Å²) in [6, 6.07) is 32.4. The Morgan fingerprint density at radius 2 is 0.726 bits per heavy atom. The van der Waals surface area contributed by atoms with Gasteiger partial charge >= 0.3 is 76.0 Å². The predicted octanol–water partition coefficient (Wildman–Crippen LogP) is 7.06. The van der Waals surface area contributed by atoms with Crippen LogP contribution in [0.25, 0.3) is 0 Å². The van der Waals surface area contributed by atoms with Crippen molar-refractivity contribution in [3.05, 3.63) is 108 Å². The van der Waals surface area contributed by atoms with Gasteiger partial charge in [0.1, 0.15) is 23.0 Å². The van der Waals surface area contributed by atoms with Gasteiger partial charge < -0.3 is 39.4 Å². The van der Waals surface area contributed by atoms with Crippen molar-refractivity contribution in [3.8, 4) is 23.0 Å². The van der Waals surface area contributed by atoms with E-state index in [0.717, 1.165) is 57.7 Å². The second kappa shape index (κ2) is 24.4. The topological polar surface area (TPSA) is 176 Å². The van der Waals surface area contributed by atoms with Gasteiger partial charge in [0.15, 0.2) is 10.2 Å². The molecule has 2 unspecified atom stereocenters. The molecule has 2 fully saturated rings. The van der Waals surface area contributed by atoms with Crippen molar-refractivity contribution < 1.29 is 116 Å². The van der Waals surface area contributed by atoms with Crippen LogP contribution >= 0.6 is 24.4 Å². The normalized spacial score (nSPS) is 15.9. The first-order chi connectivity index (χ1) is 27.9. The maximum atomic E-state index is 10.7. The van der Waals surface area contributed by atoms with E-state index in [2.05, 4.69) is 44.7 Å². The van der Waals surface area contributed by atoms with E-state index in [1.165, 1.54) is 11.1 Å². The third-order valence-electron chi connectivity index (χ3n) is 8.24. The molecule has 2 aliphatic heterocycles. The first-order valence-corrected chi connectivity index (χ1v) is 20.4. The van der Waals surface area contributed by atoms with Crippen molar-refractivity contribution in [3.63, 3.8) is 0 Å². The van der Waals surface area contributed by atoms with E-state index in [-0.39, 0.29) is 56.8 Å². The molecule has 4 N–H and O–H groups in total. The number of methoxy groups -OCH3 is 4. The Morgan fingerprint density at radius 1 is 0.516 bits per heavy atom. The summed E-state index contributed by atoms with van der Waals surface area (Å²) in [4.78, 5) is 4.27. The van der Waals surface area contributed by atoms with Gasteiger partial charge in [-0.15, -0.1) is 0 Å². The molecule has 0 spiro atoms. The molecule has 0 aromatic heterocycles. The van der Waals surface area contributed by atoms with Gasteiger partial charge in [0.2, 0.25) is 0 Å². The Labute approximate surface area is 395 Å². The molecule has 14 nitrogen and oxygen atoms in total. The molecule has 2 atom stereocenters. The Balaban J connectivity index is 0.000000452. The number of benzene rings is 4. The minimum absolute atomic E-state index is 0. The van der Waals surface area contributed by atoms with Crippen LogP contribution in [-0.4, -0.2) is 88.7 Å². The van der Waals surface area contributed by atoms with Gasteiger partial charge in [0, 0.05) is 24.5 Å². The fraction of sp³-hybridized carbons (Fsp3) is 0.278. The van der Waals surface area contributed by atoms with E-state index in [1.807, 2.05) is 72.8 Å². The van der Waals surface area contributed by atoms with Gasteiger partial charge in [-0.3, -0.25) is 9.11 Å². The molecule has 4 aromatic rings. The van der Waals surface area contributed by atoms with E-state index in [0.29, 0.717) is 0 Å². The zero-order chi connectivity index (χ0) is 45.1. The van der Waals surface area contributed by atoms with Crippen LogP contribution in [0.5, 0.6) is 23.0 Å². The molecule has 2 saturated heterocycles. The van der Waals surface area contributed by atoms with Gasteiger partial charge in [0.05, 0.1) is 40.5 Å². The van der Waals surface area contributed by atoms with E-state index < -0.39 is 31.3 Å². The van der Waals surface area contributed by atoms with E-state index in [4.69, 9.17) is 69.3 Å². The number of hydrogen-bond acceptors (Lipinski definition) is 10. The molecule has 348 valence electrons. The summed E-state index contributed by atoms with van der Waals surface area (Å²) in [5.41, 5.74) is -6.57. The Morgan fingerprint density at radius 3 is 0.919 bits per heavy atom. The number of thiocarbonyl (C=S) groups is 2. The fourth-order valence-corrected chi connectivity index (χ4v) is 5.90. The second-order valence-electron chi connectivity index (χ2n) is 11.9. The minimum Gasteiger partial charge on any atom is -0.497 e. The van der Waals surface area contributed by atoms with Crippen LogP contribution < -0.4 is 39.4 Å². The van der Waals surface area contributed by atoms with Crippen LogP contribution in [-0.2, 0) is 65.0 Å². The average Bonchev–Trinajstić information content (AvgIpc) is 3.79. The summed E-state index contributed by atoms with van der Waals surface area (Å²) < 4.78 is 136. The Bertz CT molecular complexity index is 2100. The Hall–Kier alpha value is -3.66. The number of ether oxygens (including phenoxy) is 4. The molecule has 0 bridgehead atoms. The zero-order valence-electron chi connectivity index (χ0n) is 32.4. The van der Waals surface area contributed by atoms with Crippen LogP contribution in [0.2, 0.25) is 0 Å². The Kier molecular flexibility index (Phi) is 22.2. The molecule has 0 saturated carbocycles. The maximum Gasteiger partial charge on any atom is 1.00 e. The molecule has 6 rings (SSSR count). The van der Waals surface area contributed by atoms with Crippen LogP contribution in [0.1, 0.15) is 23.2 Å². The first kappa shape index (κ1) is 56.4. The third-order valence-corrected chi connectivity index (χ3v) is 10.1. The summed E-state index contributed by atoms with van der Waals surface area (Å²) in [7, 11) is -5.01. The van der Waals surface area contributed by atoms with E-state index in [1.54, 1.807) is 28.4 Å². The fourth-order valence-electron chi connectivity index (χ4n) is 5.27. The van der Waals surface area contributed by atoms with Crippen molar-refractivity contribution in [2.24, 2.45) is 0 Å². The molecule has 2 heterocycles. The van der Waals surface area contributed by atoms with Crippen molar-refractivity contribution in [1.82, 2.24) is 10.6 Å². The first-order valence-electron chi connectivity index (χ1n) is 16.7. The number of rotatable bonds is 8. The van der Waals surface area contributed by atoms with E-state index in [9.17, 15) is 26.3 Å². The molecule has 0 aliphatic carbocycles. The van der Waals surface area contributed by atoms with Gasteiger partial charge in [-0.1, -0.05) is 24.3 Å². The summed E-state index contributed by atoms with van der Waals surface area (Å²) in [5, 5.41) is 8.02. The summed E-state index contributed by atoms with van der Waals surface area (Å²) in [6.45, 7) is 1.58. The largest absolute Gasteiger partial charge is 1.00 e. The van der Waals surface area contributed by atoms with Crippen LogP contribution in [0.4, 0.5) is 37.7 Å². The quantitative estimate of drug-likeness (QED) is 0.0464. The SMILES string of the molecule is COc1ccc(C2CNC(=S)N2c2ccc(OC)cc2)cc1.COc1ccc(C2CNC(=S)N2c2ccc(OC)cc2)cc1.O=S(=O)(O)C(F)(F)F.O=S(=O)(O)C(F)(F)F.[Ag+].[Ag+]. The number of hydrogen-bond donors (Lipinski definition) is 4. The molecule has 2 aliphatic rings. The standard InChI is InChI=1S/2C17H18N2O2S.2CHF3O3S.2Ag/c2*1-20-14-7-3-12(4-8-14)16-11-18-17(22)19(16)13-5-9-15(21-2)10-6-13;2*2-1(3,4)8(5,6)7;;/h2*3-10,16H,11H2,1-2H3,(H,18,22);2*(H,5,6,7);;/q;;;;2*+1. The molecule has 62 heavy (non-hydrogen) atoms. The molecule has 0 amide bonds. The number of alkyl halides is 6. The number of nitrogens with zero attached hydrogens (tertiary/aromatic N) is 2. The number of halogens is 6. The van der Waals surface area contributed by atoms with Crippen LogP contribution in [0.15, 0.2) is 97.1 Å². The van der Waals surface area contributed by atoms with Crippen molar-refractivity contribution in [2.45, 2.75) is 23.1 Å². The predicted molar refractivity (Wildman–Crippen MR) is 219 cm³/mol. The average molecular weight is 1140 g/mol. The van der Waals surface area contributed by atoms with E-state index >= 15 is 0 Å². The molecule has 26 heteroatoms. The maximum absolute atomic E-state index is 10.7. The van der Waals surface area contributed by atoms with Crippen molar-refractivity contribution >= 4 is 66.3 Å². The van der Waals surface area contributed by atoms with Gasteiger partial charge in [-0.25, -0.2) is 0 Å². The number of anilines is 2. The zero-order valence-corrected chi connectivity index (χ0v) is 38.6. The van der Waals surface area contributed by atoms with Gasteiger partial charge in [0.25, 0.3) is 0 Å². The van der Waals surface area contributed by atoms with Crippen molar-refractivity contribution in [2.75, 3.05) is 51.3 Å². The summed E-state index contributed by atoms with van der Waals surface area (Å²) in [6.07, 6.45) is 0. The molecule has 0 radical (unpaired) electrons. The number of nitrogens with one attached hydrogen (secondary N) is 2.